The number of carbonyl (C=O) groups is 2. The molecule has 0 spiro atoms. The van der Waals surface area contributed by atoms with Crippen LogP contribution in [0.4, 0.5) is 9.18 Å². The summed E-state index contributed by atoms with van der Waals surface area (Å²) in [5.74, 6) is -1.34. The minimum Gasteiger partial charge on any atom is -0.481 e. The lowest BCUT2D eigenvalue weighted by molar-refractivity contribution is -0.139. The number of benzene rings is 1. The Kier molecular flexibility index (Phi) is 5.10. The predicted octanol–water partition coefficient (Wildman–Crippen LogP) is 1.21. The van der Waals surface area contributed by atoms with Gasteiger partial charge in [-0.05, 0) is 17.7 Å². The number of nitrogens with one attached hydrogen (secondary N) is 1. The van der Waals surface area contributed by atoms with Crippen LogP contribution < -0.4 is 5.32 Å². The first-order valence-corrected chi connectivity index (χ1v) is 6.64. The SMILES string of the molecule is O=C(O)CC1COCCN1C(=O)NCc1cccc(F)c1. The van der Waals surface area contributed by atoms with Gasteiger partial charge in [0.05, 0.1) is 25.7 Å². The van der Waals surface area contributed by atoms with Crippen LogP contribution in [0.5, 0.6) is 0 Å². The molecule has 1 saturated heterocycles. The van der Waals surface area contributed by atoms with Crippen LogP contribution in [0.15, 0.2) is 24.3 Å². The van der Waals surface area contributed by atoms with Crippen LogP contribution in [0.1, 0.15) is 12.0 Å². The van der Waals surface area contributed by atoms with Crippen molar-refractivity contribution in [2.45, 2.75) is 19.0 Å². The number of aliphatic carboxylic acids is 1. The number of ether oxygens (including phenoxy) is 1. The van der Waals surface area contributed by atoms with E-state index in [2.05, 4.69) is 5.32 Å². The van der Waals surface area contributed by atoms with Gasteiger partial charge in [0, 0.05) is 13.1 Å². The Morgan fingerprint density at radius 1 is 1.48 bits per heavy atom. The lowest BCUT2D eigenvalue weighted by Crippen LogP contribution is -2.53. The molecule has 1 aromatic rings. The molecule has 1 aliphatic heterocycles. The fourth-order valence-corrected chi connectivity index (χ4v) is 2.22. The minimum atomic E-state index is -0.978. The smallest absolute Gasteiger partial charge is 0.318 e. The highest BCUT2D eigenvalue weighted by Crippen LogP contribution is 2.11. The number of carbonyl (C=O) groups excluding carboxylic acids is 1. The molecule has 0 radical (unpaired) electrons. The average Bonchev–Trinajstić information content (AvgIpc) is 2.45. The fraction of sp³-hybridized carbons (Fsp3) is 0.429. The molecule has 0 aromatic heterocycles. The number of carboxylic acids is 1. The van der Waals surface area contributed by atoms with Gasteiger partial charge in [0.1, 0.15) is 5.82 Å². The Labute approximate surface area is 121 Å². The highest BCUT2D eigenvalue weighted by atomic mass is 19.1. The molecule has 7 heteroatoms. The number of carboxylic acid groups (broad SMARTS) is 1. The van der Waals surface area contributed by atoms with Crippen molar-refractivity contribution in [3.05, 3.63) is 35.6 Å². The molecule has 1 aromatic carbocycles. The van der Waals surface area contributed by atoms with Crippen LogP contribution in [-0.2, 0) is 16.1 Å². The number of morpholine rings is 1. The van der Waals surface area contributed by atoms with Crippen molar-refractivity contribution in [2.24, 2.45) is 0 Å². The van der Waals surface area contributed by atoms with Crippen molar-refractivity contribution < 1.29 is 23.8 Å². The summed E-state index contributed by atoms with van der Waals surface area (Å²) in [6.45, 7) is 1.11. The van der Waals surface area contributed by atoms with E-state index in [0.717, 1.165) is 0 Å². The second kappa shape index (κ2) is 7.03. The number of urea groups is 1. The summed E-state index contributed by atoms with van der Waals surface area (Å²) >= 11 is 0. The Morgan fingerprint density at radius 3 is 3.00 bits per heavy atom. The second-order valence-electron chi connectivity index (χ2n) is 4.81. The zero-order chi connectivity index (χ0) is 15.2. The van der Waals surface area contributed by atoms with Crippen molar-refractivity contribution in [1.82, 2.24) is 10.2 Å². The summed E-state index contributed by atoms with van der Waals surface area (Å²) in [4.78, 5) is 24.4. The standard InChI is InChI=1S/C14H17FN2O4/c15-11-3-1-2-10(6-11)8-16-14(20)17-4-5-21-9-12(17)7-13(18)19/h1-3,6,12H,4-5,7-9H2,(H,16,20)(H,18,19). The van der Waals surface area contributed by atoms with Gasteiger partial charge >= 0.3 is 12.0 Å². The van der Waals surface area contributed by atoms with Crippen molar-refractivity contribution in [3.63, 3.8) is 0 Å². The molecule has 1 fully saturated rings. The van der Waals surface area contributed by atoms with Gasteiger partial charge in [-0.15, -0.1) is 0 Å². The molecule has 1 aliphatic rings. The normalized spacial score (nSPS) is 18.3. The van der Waals surface area contributed by atoms with Crippen molar-refractivity contribution in [1.29, 1.82) is 0 Å². The summed E-state index contributed by atoms with van der Waals surface area (Å²) < 4.78 is 18.3. The third kappa shape index (κ3) is 4.42. The monoisotopic (exact) mass is 296 g/mol. The topological polar surface area (TPSA) is 78.9 Å². The van der Waals surface area contributed by atoms with E-state index in [-0.39, 0.29) is 31.4 Å². The van der Waals surface area contributed by atoms with Gasteiger partial charge in [-0.3, -0.25) is 4.79 Å². The zero-order valence-corrected chi connectivity index (χ0v) is 11.4. The highest BCUT2D eigenvalue weighted by Gasteiger charge is 2.28. The number of rotatable bonds is 4. The first-order valence-electron chi connectivity index (χ1n) is 6.64. The van der Waals surface area contributed by atoms with E-state index in [9.17, 15) is 14.0 Å². The number of amides is 2. The second-order valence-corrected chi connectivity index (χ2v) is 4.81. The number of hydrogen-bond donors (Lipinski definition) is 2. The van der Waals surface area contributed by atoms with Crippen LogP contribution >= 0.6 is 0 Å². The third-order valence-electron chi connectivity index (χ3n) is 3.23. The molecule has 1 atom stereocenters. The quantitative estimate of drug-likeness (QED) is 0.875. The van der Waals surface area contributed by atoms with E-state index >= 15 is 0 Å². The third-order valence-corrected chi connectivity index (χ3v) is 3.23. The molecule has 21 heavy (non-hydrogen) atoms. The highest BCUT2D eigenvalue weighted by molar-refractivity contribution is 5.76. The first-order chi connectivity index (χ1) is 10.1. The van der Waals surface area contributed by atoms with Crippen molar-refractivity contribution >= 4 is 12.0 Å². The van der Waals surface area contributed by atoms with Crippen LogP contribution in [0.3, 0.4) is 0 Å². The molecule has 114 valence electrons. The molecule has 2 N–H and O–H groups in total. The van der Waals surface area contributed by atoms with Crippen LogP contribution in [0.25, 0.3) is 0 Å². The molecule has 2 rings (SSSR count). The Balaban J connectivity index is 1.92. The van der Waals surface area contributed by atoms with Gasteiger partial charge in [-0.2, -0.15) is 0 Å². The number of nitrogens with zero attached hydrogens (tertiary/aromatic N) is 1. The first kappa shape index (κ1) is 15.2. The van der Waals surface area contributed by atoms with E-state index in [0.29, 0.717) is 18.7 Å². The predicted molar refractivity (Wildman–Crippen MR) is 72.2 cm³/mol. The molecule has 0 saturated carbocycles. The molecule has 6 nitrogen and oxygen atoms in total. The molecule has 2 amide bonds. The lowest BCUT2D eigenvalue weighted by atomic mass is 10.1. The molecule has 1 unspecified atom stereocenters. The van der Waals surface area contributed by atoms with E-state index in [1.807, 2.05) is 0 Å². The zero-order valence-electron chi connectivity index (χ0n) is 11.4. The van der Waals surface area contributed by atoms with Gasteiger partial charge < -0.3 is 20.1 Å². The van der Waals surface area contributed by atoms with Crippen LogP contribution in [-0.4, -0.2) is 47.8 Å². The van der Waals surface area contributed by atoms with Gasteiger partial charge in [0.15, 0.2) is 0 Å². The summed E-state index contributed by atoms with van der Waals surface area (Å²) in [7, 11) is 0. The lowest BCUT2D eigenvalue weighted by Gasteiger charge is -2.34. The summed E-state index contributed by atoms with van der Waals surface area (Å²) in [5.41, 5.74) is 0.645. The van der Waals surface area contributed by atoms with Crippen LogP contribution in [0, 0.1) is 5.82 Å². The maximum Gasteiger partial charge on any atom is 0.318 e. The Morgan fingerprint density at radius 2 is 2.29 bits per heavy atom. The van der Waals surface area contributed by atoms with Gasteiger partial charge in [0.2, 0.25) is 0 Å². The average molecular weight is 296 g/mol. The summed E-state index contributed by atoms with van der Waals surface area (Å²) in [6, 6.07) is 5.10. The summed E-state index contributed by atoms with van der Waals surface area (Å²) in [6.07, 6.45) is -0.159. The van der Waals surface area contributed by atoms with Gasteiger partial charge in [-0.25, -0.2) is 9.18 Å². The molecule has 0 aliphatic carbocycles. The van der Waals surface area contributed by atoms with Crippen LogP contribution in [0.2, 0.25) is 0 Å². The Hall–Kier alpha value is -2.15. The van der Waals surface area contributed by atoms with E-state index < -0.39 is 12.0 Å². The maximum absolute atomic E-state index is 13.0. The number of hydrogen-bond acceptors (Lipinski definition) is 3. The Bertz CT molecular complexity index is 523. The number of halogens is 1. The van der Waals surface area contributed by atoms with E-state index in [1.54, 1.807) is 12.1 Å². The van der Waals surface area contributed by atoms with Gasteiger partial charge in [-0.1, -0.05) is 12.1 Å². The van der Waals surface area contributed by atoms with E-state index in [1.165, 1.54) is 17.0 Å². The van der Waals surface area contributed by atoms with Crippen molar-refractivity contribution in [2.75, 3.05) is 19.8 Å². The summed E-state index contributed by atoms with van der Waals surface area (Å²) in [5, 5.41) is 11.5. The van der Waals surface area contributed by atoms with Gasteiger partial charge in [0.25, 0.3) is 0 Å². The molecule has 0 bridgehead atoms. The largest absolute Gasteiger partial charge is 0.481 e. The fourth-order valence-electron chi connectivity index (χ4n) is 2.22. The minimum absolute atomic E-state index is 0.159. The van der Waals surface area contributed by atoms with E-state index in [4.69, 9.17) is 9.84 Å². The molecule has 1 heterocycles. The maximum atomic E-state index is 13.0. The molecular weight excluding hydrogens is 279 g/mol. The van der Waals surface area contributed by atoms with Crippen molar-refractivity contribution in [3.8, 4) is 0 Å². The molecular formula is C14H17FN2O4.